The van der Waals surface area contributed by atoms with Crippen LogP contribution in [0.3, 0.4) is 0 Å². The third-order valence-electron chi connectivity index (χ3n) is 4.91. The van der Waals surface area contributed by atoms with Gasteiger partial charge in [0.1, 0.15) is 4.90 Å². The first-order valence-corrected chi connectivity index (χ1v) is 10.9. The zero-order chi connectivity index (χ0) is 20.4. The van der Waals surface area contributed by atoms with E-state index in [0.717, 1.165) is 5.56 Å². The van der Waals surface area contributed by atoms with E-state index in [9.17, 15) is 13.2 Å². The lowest BCUT2D eigenvalue weighted by atomic mass is 10.1. The molecule has 7 nitrogen and oxygen atoms in total. The van der Waals surface area contributed by atoms with Crippen LogP contribution in [-0.2, 0) is 10.0 Å². The van der Waals surface area contributed by atoms with Crippen molar-refractivity contribution in [3.8, 4) is 11.3 Å². The lowest BCUT2D eigenvalue weighted by Gasteiger charge is -2.34. The molecule has 1 amide bonds. The normalized spacial score (nSPS) is 15.4. The molecule has 1 fully saturated rings. The smallest absolute Gasteiger partial charge is 0.257 e. The molecule has 9 heteroatoms. The number of hydrogen-bond acceptors (Lipinski definition) is 4. The third-order valence-corrected chi connectivity index (χ3v) is 7.31. The Bertz CT molecular complexity index is 1120. The van der Waals surface area contributed by atoms with E-state index in [2.05, 4.69) is 10.2 Å². The number of aromatic amines is 1. The van der Waals surface area contributed by atoms with Gasteiger partial charge < -0.3 is 4.90 Å². The predicted molar refractivity (Wildman–Crippen MR) is 110 cm³/mol. The molecule has 0 bridgehead atoms. The van der Waals surface area contributed by atoms with Gasteiger partial charge in [-0.15, -0.1) is 0 Å². The van der Waals surface area contributed by atoms with E-state index in [1.54, 1.807) is 23.1 Å². The van der Waals surface area contributed by atoms with Crippen molar-refractivity contribution in [3.63, 3.8) is 0 Å². The summed E-state index contributed by atoms with van der Waals surface area (Å²) >= 11 is 6.07. The molecule has 1 aromatic heterocycles. The Balaban J connectivity index is 1.49. The first-order chi connectivity index (χ1) is 14.0. The van der Waals surface area contributed by atoms with Gasteiger partial charge in [0.15, 0.2) is 0 Å². The molecule has 150 valence electrons. The Kier molecular flexibility index (Phi) is 5.40. The van der Waals surface area contributed by atoms with Crippen molar-refractivity contribution in [2.75, 3.05) is 26.2 Å². The minimum absolute atomic E-state index is 0.0858. The largest absolute Gasteiger partial charge is 0.336 e. The summed E-state index contributed by atoms with van der Waals surface area (Å²) in [5.74, 6) is -0.174. The van der Waals surface area contributed by atoms with E-state index in [1.807, 2.05) is 30.3 Å². The van der Waals surface area contributed by atoms with Crippen LogP contribution in [0.2, 0.25) is 5.02 Å². The Morgan fingerprint density at radius 1 is 0.966 bits per heavy atom. The van der Waals surface area contributed by atoms with Crippen molar-refractivity contribution >= 4 is 27.5 Å². The van der Waals surface area contributed by atoms with Crippen molar-refractivity contribution in [3.05, 3.63) is 71.4 Å². The molecule has 2 heterocycles. The highest BCUT2D eigenvalue weighted by molar-refractivity contribution is 7.89. The zero-order valence-electron chi connectivity index (χ0n) is 15.5. The second-order valence-corrected chi connectivity index (χ2v) is 8.96. The number of carbonyl (C=O) groups excluding carboxylic acids is 1. The fourth-order valence-corrected chi connectivity index (χ4v) is 5.28. The Morgan fingerprint density at radius 3 is 2.31 bits per heavy atom. The monoisotopic (exact) mass is 430 g/mol. The van der Waals surface area contributed by atoms with Gasteiger partial charge in [0, 0.05) is 31.7 Å². The van der Waals surface area contributed by atoms with E-state index >= 15 is 0 Å². The number of piperazine rings is 1. The summed E-state index contributed by atoms with van der Waals surface area (Å²) in [5.41, 5.74) is 1.99. The second-order valence-electron chi connectivity index (χ2n) is 6.65. The van der Waals surface area contributed by atoms with Gasteiger partial charge in [-0.25, -0.2) is 8.42 Å². The van der Waals surface area contributed by atoms with Crippen molar-refractivity contribution in [1.82, 2.24) is 19.4 Å². The number of carbonyl (C=O) groups is 1. The maximum absolute atomic E-state index is 13.0. The average Bonchev–Trinajstić information content (AvgIpc) is 3.24. The van der Waals surface area contributed by atoms with Gasteiger partial charge in [0.05, 0.1) is 22.5 Å². The highest BCUT2D eigenvalue weighted by Crippen LogP contribution is 2.26. The number of benzene rings is 2. The van der Waals surface area contributed by atoms with Gasteiger partial charge in [-0.05, 0) is 12.1 Å². The zero-order valence-corrected chi connectivity index (χ0v) is 17.0. The summed E-state index contributed by atoms with van der Waals surface area (Å²) in [4.78, 5) is 14.7. The SMILES string of the molecule is O=C(c1cn[nH]c1-c1ccccc1)N1CCN(S(=O)(=O)c2ccccc2Cl)CC1. The lowest BCUT2D eigenvalue weighted by molar-refractivity contribution is 0.0698. The van der Waals surface area contributed by atoms with E-state index < -0.39 is 10.0 Å². The minimum atomic E-state index is -3.70. The number of hydrogen-bond donors (Lipinski definition) is 1. The van der Waals surface area contributed by atoms with Gasteiger partial charge >= 0.3 is 0 Å². The Labute approximate surface area is 174 Å². The van der Waals surface area contributed by atoms with E-state index in [4.69, 9.17) is 11.6 Å². The maximum Gasteiger partial charge on any atom is 0.257 e. The predicted octanol–water partition coefficient (Wildman–Crippen LogP) is 2.88. The lowest BCUT2D eigenvalue weighted by Crippen LogP contribution is -2.50. The van der Waals surface area contributed by atoms with Crippen LogP contribution in [0, 0.1) is 0 Å². The highest BCUT2D eigenvalue weighted by Gasteiger charge is 2.32. The molecule has 0 aliphatic carbocycles. The summed E-state index contributed by atoms with van der Waals surface area (Å²) in [5, 5.41) is 7.10. The quantitative estimate of drug-likeness (QED) is 0.689. The fourth-order valence-electron chi connectivity index (χ4n) is 3.37. The number of rotatable bonds is 4. The standard InChI is InChI=1S/C20H19ClN4O3S/c21-17-8-4-5-9-18(17)29(27,28)25-12-10-24(11-13-25)20(26)16-14-22-23-19(16)15-6-2-1-3-7-15/h1-9,14H,10-13H2,(H,22,23). The number of sulfonamides is 1. The van der Waals surface area contributed by atoms with Crippen LogP contribution >= 0.6 is 11.6 Å². The highest BCUT2D eigenvalue weighted by atomic mass is 35.5. The second kappa shape index (κ2) is 7.98. The molecule has 1 saturated heterocycles. The van der Waals surface area contributed by atoms with Gasteiger partial charge in [-0.3, -0.25) is 9.89 Å². The van der Waals surface area contributed by atoms with Crippen LogP contribution in [-0.4, -0.2) is 59.9 Å². The number of aromatic nitrogens is 2. The van der Waals surface area contributed by atoms with Crippen molar-refractivity contribution in [2.24, 2.45) is 0 Å². The fraction of sp³-hybridized carbons (Fsp3) is 0.200. The topological polar surface area (TPSA) is 86.4 Å². The first kappa shape index (κ1) is 19.6. The summed E-state index contributed by atoms with van der Waals surface area (Å²) in [6, 6.07) is 15.9. The molecular formula is C20H19ClN4O3S. The molecule has 3 aromatic rings. The summed E-state index contributed by atoms with van der Waals surface area (Å²) in [7, 11) is -3.70. The first-order valence-electron chi connectivity index (χ1n) is 9.11. The van der Waals surface area contributed by atoms with Gasteiger partial charge in [-0.2, -0.15) is 9.40 Å². The molecule has 0 unspecified atom stereocenters. The molecule has 1 N–H and O–H groups in total. The van der Waals surface area contributed by atoms with Crippen LogP contribution in [0.15, 0.2) is 65.7 Å². The molecule has 29 heavy (non-hydrogen) atoms. The molecule has 4 rings (SSSR count). The van der Waals surface area contributed by atoms with E-state index in [1.165, 1.54) is 16.6 Å². The van der Waals surface area contributed by atoms with Crippen molar-refractivity contribution in [1.29, 1.82) is 0 Å². The van der Waals surface area contributed by atoms with Crippen LogP contribution in [0.5, 0.6) is 0 Å². The van der Waals surface area contributed by atoms with E-state index in [-0.39, 0.29) is 28.9 Å². The maximum atomic E-state index is 13.0. The summed E-state index contributed by atoms with van der Waals surface area (Å²) in [6.45, 7) is 0.999. The number of halogens is 1. The number of nitrogens with zero attached hydrogens (tertiary/aromatic N) is 3. The third kappa shape index (κ3) is 3.78. The number of nitrogens with one attached hydrogen (secondary N) is 1. The van der Waals surface area contributed by atoms with Crippen LogP contribution in [0.4, 0.5) is 0 Å². The van der Waals surface area contributed by atoms with Crippen molar-refractivity contribution < 1.29 is 13.2 Å². The summed E-state index contributed by atoms with van der Waals surface area (Å²) in [6.07, 6.45) is 1.51. The Morgan fingerprint density at radius 2 is 1.62 bits per heavy atom. The molecule has 1 aliphatic heterocycles. The molecule has 1 aliphatic rings. The number of amides is 1. The molecule has 0 radical (unpaired) electrons. The summed E-state index contributed by atoms with van der Waals surface area (Å²) < 4.78 is 27.1. The average molecular weight is 431 g/mol. The molecular weight excluding hydrogens is 412 g/mol. The molecule has 2 aromatic carbocycles. The van der Waals surface area contributed by atoms with Crippen LogP contribution < -0.4 is 0 Å². The number of H-pyrrole nitrogens is 1. The molecule has 0 saturated carbocycles. The van der Waals surface area contributed by atoms with Crippen molar-refractivity contribution in [2.45, 2.75) is 4.90 Å². The van der Waals surface area contributed by atoms with Gasteiger partial charge in [-0.1, -0.05) is 54.1 Å². The van der Waals surface area contributed by atoms with Gasteiger partial charge in [0.25, 0.3) is 5.91 Å². The van der Waals surface area contributed by atoms with E-state index in [0.29, 0.717) is 24.3 Å². The van der Waals surface area contributed by atoms with Gasteiger partial charge in [0.2, 0.25) is 10.0 Å². The van der Waals surface area contributed by atoms with Crippen LogP contribution in [0.1, 0.15) is 10.4 Å². The molecule has 0 atom stereocenters. The van der Waals surface area contributed by atoms with Crippen LogP contribution in [0.25, 0.3) is 11.3 Å². The molecule has 0 spiro atoms. The minimum Gasteiger partial charge on any atom is -0.336 e. The Hall–Kier alpha value is -2.68.